The number of morpholine rings is 1. The predicted octanol–water partition coefficient (Wildman–Crippen LogP) is 2.12. The van der Waals surface area contributed by atoms with E-state index in [0.29, 0.717) is 18.1 Å². The van der Waals surface area contributed by atoms with Gasteiger partial charge in [-0.25, -0.2) is 4.39 Å². The average molecular weight is 278 g/mol. The molecule has 2 fully saturated rings. The number of rotatable bonds is 3. The summed E-state index contributed by atoms with van der Waals surface area (Å²) in [5, 5.41) is 0. The molecule has 2 bridgehead atoms. The minimum Gasteiger partial charge on any atom is -0.378 e. The molecule has 2 heterocycles. The lowest BCUT2D eigenvalue weighted by atomic mass is 10.0. The van der Waals surface area contributed by atoms with Crippen molar-refractivity contribution in [2.24, 2.45) is 0 Å². The summed E-state index contributed by atoms with van der Waals surface area (Å²) in [6, 6.07) is 8.44. The van der Waals surface area contributed by atoms with E-state index in [2.05, 4.69) is 23.6 Å². The molecule has 0 saturated carbocycles. The van der Waals surface area contributed by atoms with Gasteiger partial charge in [0, 0.05) is 37.8 Å². The highest BCUT2D eigenvalue weighted by Crippen LogP contribution is 2.24. The zero-order chi connectivity index (χ0) is 14.1. The molecule has 0 spiro atoms. The number of piperazine rings is 1. The van der Waals surface area contributed by atoms with Crippen molar-refractivity contribution in [3.05, 3.63) is 35.6 Å². The first-order chi connectivity index (χ1) is 9.63. The largest absolute Gasteiger partial charge is 0.378 e. The molecule has 2 aliphatic heterocycles. The molecule has 0 aliphatic carbocycles. The normalized spacial score (nSPS) is 28.0. The Hall–Kier alpha value is -0.970. The highest BCUT2D eigenvalue weighted by molar-refractivity contribution is 5.16. The molecule has 4 heteroatoms. The van der Waals surface area contributed by atoms with E-state index in [1.807, 2.05) is 6.07 Å². The summed E-state index contributed by atoms with van der Waals surface area (Å²) in [7, 11) is 0. The van der Waals surface area contributed by atoms with Crippen LogP contribution in [0.1, 0.15) is 19.4 Å². The average Bonchev–Trinajstić information content (AvgIpc) is 2.37. The quantitative estimate of drug-likeness (QED) is 0.842. The van der Waals surface area contributed by atoms with Crippen molar-refractivity contribution < 1.29 is 9.13 Å². The van der Waals surface area contributed by atoms with Crippen LogP contribution in [0.3, 0.4) is 0 Å². The molecule has 0 N–H and O–H groups in total. The van der Waals surface area contributed by atoms with E-state index >= 15 is 0 Å². The van der Waals surface area contributed by atoms with Crippen molar-refractivity contribution in [1.29, 1.82) is 0 Å². The summed E-state index contributed by atoms with van der Waals surface area (Å²) in [5.74, 6) is -0.146. The van der Waals surface area contributed by atoms with Crippen molar-refractivity contribution in [2.75, 3.05) is 26.3 Å². The minimum atomic E-state index is -0.146. The first-order valence-electron chi connectivity index (χ1n) is 7.45. The van der Waals surface area contributed by atoms with Crippen LogP contribution in [-0.2, 0) is 11.3 Å². The van der Waals surface area contributed by atoms with Crippen LogP contribution in [0, 0.1) is 5.82 Å². The Morgan fingerprint density at radius 1 is 1.25 bits per heavy atom. The van der Waals surface area contributed by atoms with Crippen LogP contribution >= 0.6 is 0 Å². The Labute approximate surface area is 120 Å². The molecule has 2 saturated heterocycles. The third-order valence-electron chi connectivity index (χ3n) is 4.29. The van der Waals surface area contributed by atoms with Gasteiger partial charge in [-0.2, -0.15) is 0 Å². The van der Waals surface area contributed by atoms with Gasteiger partial charge in [0.15, 0.2) is 0 Å². The van der Waals surface area contributed by atoms with E-state index in [0.717, 1.165) is 38.4 Å². The van der Waals surface area contributed by atoms with Gasteiger partial charge in [-0.15, -0.1) is 0 Å². The number of fused-ring (bicyclic) bond motifs is 2. The van der Waals surface area contributed by atoms with E-state index < -0.39 is 0 Å². The highest BCUT2D eigenvalue weighted by Gasteiger charge is 2.39. The Bertz CT molecular complexity index is 452. The lowest BCUT2D eigenvalue weighted by Crippen LogP contribution is -2.65. The summed E-state index contributed by atoms with van der Waals surface area (Å²) < 4.78 is 19.0. The lowest BCUT2D eigenvalue weighted by molar-refractivity contribution is -0.111. The second kappa shape index (κ2) is 5.80. The van der Waals surface area contributed by atoms with Gasteiger partial charge in [0.2, 0.25) is 0 Å². The monoisotopic (exact) mass is 278 g/mol. The van der Waals surface area contributed by atoms with Crippen LogP contribution in [0.15, 0.2) is 24.3 Å². The summed E-state index contributed by atoms with van der Waals surface area (Å²) >= 11 is 0. The van der Waals surface area contributed by atoms with E-state index in [9.17, 15) is 4.39 Å². The molecule has 0 aromatic heterocycles. The minimum absolute atomic E-state index is 0.146. The topological polar surface area (TPSA) is 15.7 Å². The Morgan fingerprint density at radius 2 is 1.95 bits per heavy atom. The van der Waals surface area contributed by atoms with Crippen LogP contribution < -0.4 is 0 Å². The molecule has 2 aliphatic rings. The standard InChI is InChI=1S/C16H23FN2O/c1-12(2)19-15-8-18(9-16(19)11-20-10-15)7-13-4-3-5-14(17)6-13/h3-6,12,15-16H,7-11H2,1-2H3/t15-,16-/m1/s1. The first kappa shape index (κ1) is 14.0. The number of benzene rings is 1. The van der Waals surface area contributed by atoms with E-state index in [1.165, 1.54) is 6.07 Å². The predicted molar refractivity (Wildman–Crippen MR) is 77.0 cm³/mol. The van der Waals surface area contributed by atoms with Crippen LogP contribution in [0.5, 0.6) is 0 Å². The van der Waals surface area contributed by atoms with Gasteiger partial charge < -0.3 is 4.74 Å². The molecule has 110 valence electrons. The smallest absolute Gasteiger partial charge is 0.123 e. The second-order valence-electron chi connectivity index (χ2n) is 6.21. The molecular weight excluding hydrogens is 255 g/mol. The molecule has 3 rings (SSSR count). The van der Waals surface area contributed by atoms with Crippen LogP contribution in [-0.4, -0.2) is 54.2 Å². The van der Waals surface area contributed by atoms with E-state index in [4.69, 9.17) is 4.74 Å². The van der Waals surface area contributed by atoms with Crippen molar-refractivity contribution in [3.8, 4) is 0 Å². The molecule has 0 amide bonds. The zero-order valence-electron chi connectivity index (χ0n) is 12.3. The molecule has 0 unspecified atom stereocenters. The summed E-state index contributed by atoms with van der Waals surface area (Å²) in [4.78, 5) is 5.02. The third-order valence-corrected chi connectivity index (χ3v) is 4.29. The molecule has 3 nitrogen and oxygen atoms in total. The van der Waals surface area contributed by atoms with Gasteiger partial charge in [0.05, 0.1) is 13.2 Å². The highest BCUT2D eigenvalue weighted by atomic mass is 19.1. The van der Waals surface area contributed by atoms with Crippen molar-refractivity contribution in [3.63, 3.8) is 0 Å². The van der Waals surface area contributed by atoms with E-state index in [-0.39, 0.29) is 5.82 Å². The van der Waals surface area contributed by atoms with Crippen molar-refractivity contribution >= 4 is 0 Å². The van der Waals surface area contributed by atoms with Gasteiger partial charge >= 0.3 is 0 Å². The number of ether oxygens (including phenoxy) is 1. The Balaban J connectivity index is 1.69. The Morgan fingerprint density at radius 3 is 2.55 bits per heavy atom. The van der Waals surface area contributed by atoms with Gasteiger partial charge in [0.1, 0.15) is 5.82 Å². The summed E-state index contributed by atoms with van der Waals surface area (Å²) in [6.45, 7) is 8.98. The number of halogens is 1. The summed E-state index contributed by atoms with van der Waals surface area (Å²) in [6.07, 6.45) is 0. The van der Waals surface area contributed by atoms with Gasteiger partial charge in [-0.3, -0.25) is 9.80 Å². The maximum atomic E-state index is 13.3. The SMILES string of the molecule is CC(C)N1[C@H]2COC[C@H]1CN(Cc1cccc(F)c1)C2. The van der Waals surface area contributed by atoms with Gasteiger partial charge in [-0.1, -0.05) is 12.1 Å². The van der Waals surface area contributed by atoms with Gasteiger partial charge in [-0.05, 0) is 31.5 Å². The number of hydrogen-bond donors (Lipinski definition) is 0. The van der Waals surface area contributed by atoms with Crippen LogP contribution in [0.4, 0.5) is 4.39 Å². The van der Waals surface area contributed by atoms with Crippen molar-refractivity contribution in [1.82, 2.24) is 9.80 Å². The zero-order valence-corrected chi connectivity index (χ0v) is 12.3. The fraction of sp³-hybridized carbons (Fsp3) is 0.625. The third kappa shape index (κ3) is 2.87. The molecular formula is C16H23FN2O. The number of hydrogen-bond acceptors (Lipinski definition) is 3. The summed E-state index contributed by atoms with van der Waals surface area (Å²) in [5.41, 5.74) is 1.06. The van der Waals surface area contributed by atoms with Gasteiger partial charge in [0.25, 0.3) is 0 Å². The molecule has 20 heavy (non-hydrogen) atoms. The fourth-order valence-electron chi connectivity index (χ4n) is 3.64. The first-order valence-corrected chi connectivity index (χ1v) is 7.45. The molecule has 0 radical (unpaired) electrons. The van der Waals surface area contributed by atoms with Crippen LogP contribution in [0.2, 0.25) is 0 Å². The Kier molecular flexibility index (Phi) is 4.06. The molecule has 1 aromatic carbocycles. The second-order valence-corrected chi connectivity index (χ2v) is 6.21. The maximum Gasteiger partial charge on any atom is 0.123 e. The van der Waals surface area contributed by atoms with Crippen molar-refractivity contribution in [2.45, 2.75) is 38.5 Å². The fourth-order valence-corrected chi connectivity index (χ4v) is 3.64. The maximum absolute atomic E-state index is 13.3. The lowest BCUT2D eigenvalue weighted by Gasteiger charge is -2.51. The van der Waals surface area contributed by atoms with Crippen LogP contribution in [0.25, 0.3) is 0 Å². The molecule has 2 atom stereocenters. The molecule has 1 aromatic rings. The van der Waals surface area contributed by atoms with E-state index in [1.54, 1.807) is 12.1 Å². The number of nitrogens with zero attached hydrogens (tertiary/aromatic N) is 2.